The molecule has 9 heteroatoms. The van der Waals surface area contributed by atoms with Crippen molar-refractivity contribution in [1.29, 1.82) is 0 Å². The van der Waals surface area contributed by atoms with Gasteiger partial charge < -0.3 is 28.4 Å². The average Bonchev–Trinajstić information content (AvgIpc) is 2.73. The molecule has 1 aliphatic rings. The molecular weight excluding hydrogens is 420 g/mol. The first-order chi connectivity index (χ1) is 15.3. The lowest BCUT2D eigenvalue weighted by Crippen LogP contribution is -2.62. The van der Waals surface area contributed by atoms with Crippen LogP contribution in [0.1, 0.15) is 26.3 Å². The standard InChI is InChI=1S/C23H28O9/c1-5-6-12-27-23-22(29-13-18-10-8-7-9-11-18)21(31-17(4)26)20(30-16(3)25)19(32-23)14-28-15(2)24/h5-12,19-23H,1,13-14H2,2-4H3/b12-6+/t19-,20-,21+,22-,23-/m1/s1. The highest BCUT2D eigenvalue weighted by atomic mass is 16.7. The van der Waals surface area contributed by atoms with E-state index in [1.807, 2.05) is 30.3 Å². The van der Waals surface area contributed by atoms with Crippen LogP contribution in [0, 0.1) is 0 Å². The first-order valence-corrected chi connectivity index (χ1v) is 10.0. The zero-order valence-corrected chi connectivity index (χ0v) is 18.3. The Balaban J connectivity index is 2.37. The fourth-order valence-corrected chi connectivity index (χ4v) is 3.10. The third-order valence-electron chi connectivity index (χ3n) is 4.36. The van der Waals surface area contributed by atoms with Crippen molar-refractivity contribution in [2.45, 2.75) is 58.1 Å². The Morgan fingerprint density at radius 1 is 0.969 bits per heavy atom. The summed E-state index contributed by atoms with van der Waals surface area (Å²) in [6.07, 6.45) is -0.793. The molecule has 0 amide bonds. The summed E-state index contributed by atoms with van der Waals surface area (Å²) < 4.78 is 33.6. The van der Waals surface area contributed by atoms with E-state index in [0.717, 1.165) is 5.56 Å². The zero-order chi connectivity index (χ0) is 23.5. The van der Waals surface area contributed by atoms with Crippen LogP contribution in [-0.2, 0) is 49.4 Å². The number of hydrogen-bond acceptors (Lipinski definition) is 9. The molecule has 9 nitrogen and oxygen atoms in total. The predicted molar refractivity (Wildman–Crippen MR) is 112 cm³/mol. The van der Waals surface area contributed by atoms with Gasteiger partial charge in [0.25, 0.3) is 0 Å². The fraction of sp³-hybridized carbons (Fsp3) is 0.435. The van der Waals surface area contributed by atoms with Crippen molar-refractivity contribution in [2.75, 3.05) is 6.61 Å². The number of carbonyl (C=O) groups is 3. The smallest absolute Gasteiger partial charge is 0.303 e. The third-order valence-corrected chi connectivity index (χ3v) is 4.36. The summed E-state index contributed by atoms with van der Waals surface area (Å²) in [6, 6.07) is 9.32. The van der Waals surface area contributed by atoms with E-state index >= 15 is 0 Å². The van der Waals surface area contributed by atoms with Crippen molar-refractivity contribution in [3.05, 3.63) is 60.9 Å². The molecule has 0 aliphatic carbocycles. The molecule has 1 aliphatic heterocycles. The molecule has 0 spiro atoms. The zero-order valence-electron chi connectivity index (χ0n) is 18.3. The second-order valence-electron chi connectivity index (χ2n) is 6.96. The Morgan fingerprint density at radius 3 is 2.22 bits per heavy atom. The van der Waals surface area contributed by atoms with E-state index in [9.17, 15) is 14.4 Å². The van der Waals surface area contributed by atoms with E-state index in [2.05, 4.69) is 6.58 Å². The summed E-state index contributed by atoms with van der Waals surface area (Å²) >= 11 is 0. The Labute approximate surface area is 186 Å². The van der Waals surface area contributed by atoms with E-state index < -0.39 is 48.6 Å². The van der Waals surface area contributed by atoms with E-state index in [4.69, 9.17) is 28.4 Å². The van der Waals surface area contributed by atoms with Gasteiger partial charge in [0.2, 0.25) is 6.29 Å². The fourth-order valence-electron chi connectivity index (χ4n) is 3.10. The molecule has 1 fully saturated rings. The number of ether oxygens (including phenoxy) is 6. The summed E-state index contributed by atoms with van der Waals surface area (Å²) in [6.45, 7) is 7.15. The summed E-state index contributed by atoms with van der Waals surface area (Å²) in [5.74, 6) is -1.80. The lowest BCUT2D eigenvalue weighted by Gasteiger charge is -2.44. The van der Waals surface area contributed by atoms with Gasteiger partial charge in [-0.3, -0.25) is 14.4 Å². The van der Waals surface area contributed by atoms with Gasteiger partial charge >= 0.3 is 17.9 Å². The van der Waals surface area contributed by atoms with Crippen LogP contribution in [0.15, 0.2) is 55.3 Å². The second kappa shape index (κ2) is 12.6. The summed E-state index contributed by atoms with van der Waals surface area (Å²) in [4.78, 5) is 35.0. The van der Waals surface area contributed by atoms with Crippen LogP contribution in [0.4, 0.5) is 0 Å². The van der Waals surface area contributed by atoms with Crippen molar-refractivity contribution in [2.24, 2.45) is 0 Å². The van der Waals surface area contributed by atoms with Crippen molar-refractivity contribution >= 4 is 17.9 Å². The molecule has 5 atom stereocenters. The first kappa shape index (κ1) is 25.1. The molecule has 1 saturated heterocycles. The topological polar surface area (TPSA) is 107 Å². The van der Waals surface area contributed by atoms with Gasteiger partial charge in [-0.15, -0.1) is 0 Å². The van der Waals surface area contributed by atoms with Crippen LogP contribution in [0.3, 0.4) is 0 Å². The van der Waals surface area contributed by atoms with Crippen molar-refractivity contribution in [3.8, 4) is 0 Å². The Bertz CT molecular complexity index is 805. The number of benzene rings is 1. The molecule has 1 heterocycles. The van der Waals surface area contributed by atoms with Crippen molar-refractivity contribution < 1.29 is 42.8 Å². The number of allylic oxidation sites excluding steroid dienone is 2. The quantitative estimate of drug-likeness (QED) is 0.231. The number of esters is 3. The monoisotopic (exact) mass is 448 g/mol. The third kappa shape index (κ3) is 7.82. The minimum atomic E-state index is -1.10. The molecular formula is C23H28O9. The summed E-state index contributed by atoms with van der Waals surface area (Å²) in [5.41, 5.74) is 0.862. The molecule has 0 aromatic heterocycles. The SMILES string of the molecule is C=C/C=C/O[C@@H]1O[C@H](COC(C)=O)[C@@H](OC(C)=O)[C@H](OC(C)=O)[C@H]1OCc1ccccc1. The van der Waals surface area contributed by atoms with Crippen molar-refractivity contribution in [1.82, 2.24) is 0 Å². The second-order valence-corrected chi connectivity index (χ2v) is 6.96. The van der Waals surface area contributed by atoms with E-state index in [-0.39, 0.29) is 13.2 Å². The lowest BCUT2D eigenvalue weighted by molar-refractivity contribution is -0.304. The van der Waals surface area contributed by atoms with E-state index in [0.29, 0.717) is 0 Å². The summed E-state index contributed by atoms with van der Waals surface area (Å²) in [5, 5.41) is 0. The Morgan fingerprint density at radius 2 is 1.62 bits per heavy atom. The highest BCUT2D eigenvalue weighted by Crippen LogP contribution is 2.30. The Kier molecular flexibility index (Phi) is 9.90. The van der Waals surface area contributed by atoms with Crippen LogP contribution in [0.5, 0.6) is 0 Å². The highest BCUT2D eigenvalue weighted by Gasteiger charge is 2.52. The van der Waals surface area contributed by atoms with Gasteiger partial charge in [-0.25, -0.2) is 0 Å². The number of rotatable bonds is 10. The maximum Gasteiger partial charge on any atom is 0.303 e. The van der Waals surface area contributed by atoms with Crippen molar-refractivity contribution in [3.63, 3.8) is 0 Å². The molecule has 0 radical (unpaired) electrons. The molecule has 1 aromatic carbocycles. The molecule has 0 bridgehead atoms. The van der Waals surface area contributed by atoms with Gasteiger partial charge in [0.1, 0.15) is 12.7 Å². The number of hydrogen-bond donors (Lipinski definition) is 0. The molecule has 174 valence electrons. The van der Waals surface area contributed by atoms with Crippen LogP contribution in [-0.4, -0.2) is 55.2 Å². The molecule has 2 rings (SSSR count). The van der Waals surface area contributed by atoms with Gasteiger partial charge in [-0.05, 0) is 11.6 Å². The molecule has 32 heavy (non-hydrogen) atoms. The highest BCUT2D eigenvalue weighted by molar-refractivity contribution is 5.67. The minimum Gasteiger partial charge on any atom is -0.470 e. The maximum absolute atomic E-state index is 11.9. The summed E-state index contributed by atoms with van der Waals surface area (Å²) in [7, 11) is 0. The maximum atomic E-state index is 11.9. The van der Waals surface area contributed by atoms with E-state index in [1.54, 1.807) is 0 Å². The molecule has 0 saturated carbocycles. The molecule has 0 unspecified atom stereocenters. The molecule has 1 aromatic rings. The van der Waals surface area contributed by atoms with Gasteiger partial charge in [-0.1, -0.05) is 43.0 Å². The van der Waals surface area contributed by atoms with Crippen LogP contribution in [0.2, 0.25) is 0 Å². The van der Waals surface area contributed by atoms with Crippen LogP contribution in [0.25, 0.3) is 0 Å². The first-order valence-electron chi connectivity index (χ1n) is 10.0. The Hall–Kier alpha value is -3.17. The largest absolute Gasteiger partial charge is 0.470 e. The normalized spacial score (nSPS) is 25.0. The number of carbonyl (C=O) groups excluding carboxylic acids is 3. The van der Waals surface area contributed by atoms with E-state index in [1.165, 1.54) is 39.2 Å². The van der Waals surface area contributed by atoms with Gasteiger partial charge in [0.05, 0.1) is 12.9 Å². The van der Waals surface area contributed by atoms with Gasteiger partial charge in [-0.2, -0.15) is 0 Å². The minimum absolute atomic E-state index is 0.152. The van der Waals surface area contributed by atoms with Crippen LogP contribution >= 0.6 is 0 Å². The van der Waals surface area contributed by atoms with Gasteiger partial charge in [0.15, 0.2) is 18.3 Å². The van der Waals surface area contributed by atoms with Gasteiger partial charge in [0, 0.05) is 20.8 Å². The van der Waals surface area contributed by atoms with Crippen LogP contribution < -0.4 is 0 Å². The molecule has 0 N–H and O–H groups in total. The average molecular weight is 448 g/mol. The predicted octanol–water partition coefficient (Wildman–Crippen LogP) is 2.44. The lowest BCUT2D eigenvalue weighted by atomic mass is 9.98.